The highest BCUT2D eigenvalue weighted by molar-refractivity contribution is 7.89. The van der Waals surface area contributed by atoms with E-state index in [0.717, 1.165) is 18.5 Å². The fourth-order valence-electron chi connectivity index (χ4n) is 3.72. The third-order valence-corrected chi connectivity index (χ3v) is 8.21. The van der Waals surface area contributed by atoms with Crippen molar-refractivity contribution in [2.24, 2.45) is 0 Å². The van der Waals surface area contributed by atoms with Gasteiger partial charge < -0.3 is 0 Å². The second-order valence-corrected chi connectivity index (χ2v) is 10.2. The standard InChI is InChI=1S/C17H20ClN5O4S2/c1-21(29(26,27)15-13(18)19-17-23(15)9-10-28-17)7-4-8-22-12-6-3-2-5-11(12)14(24)20-16(22)25/h9-10H,2-8H2,1H3,(H,20,24,25). The quantitative estimate of drug-likeness (QED) is 0.603. The van der Waals surface area contributed by atoms with Crippen LogP contribution in [0.3, 0.4) is 0 Å². The highest BCUT2D eigenvalue weighted by atomic mass is 35.5. The average molecular weight is 458 g/mol. The summed E-state index contributed by atoms with van der Waals surface area (Å²) < 4.78 is 30.2. The Hall–Kier alpha value is -1.95. The number of fused-ring (bicyclic) bond motifs is 2. The van der Waals surface area contributed by atoms with Crippen LogP contribution in [-0.2, 0) is 29.4 Å². The molecule has 1 aliphatic carbocycles. The molecule has 0 saturated carbocycles. The molecule has 0 amide bonds. The summed E-state index contributed by atoms with van der Waals surface area (Å²) in [5.74, 6) is 0. The first-order valence-electron chi connectivity index (χ1n) is 9.23. The lowest BCUT2D eigenvalue weighted by atomic mass is 9.97. The Morgan fingerprint density at radius 1 is 1.31 bits per heavy atom. The van der Waals surface area contributed by atoms with Gasteiger partial charge in [-0.3, -0.25) is 18.7 Å². The average Bonchev–Trinajstić information content (AvgIpc) is 3.23. The van der Waals surface area contributed by atoms with Crippen molar-refractivity contribution in [3.8, 4) is 0 Å². The molecule has 0 fully saturated rings. The van der Waals surface area contributed by atoms with Crippen molar-refractivity contribution < 1.29 is 8.42 Å². The number of sulfonamides is 1. The van der Waals surface area contributed by atoms with Crippen LogP contribution in [0.4, 0.5) is 0 Å². The van der Waals surface area contributed by atoms with Crippen molar-refractivity contribution in [2.45, 2.75) is 43.7 Å². The zero-order valence-corrected chi connectivity index (χ0v) is 18.1. The number of aromatic amines is 1. The highest BCUT2D eigenvalue weighted by Gasteiger charge is 2.29. The lowest BCUT2D eigenvalue weighted by Crippen LogP contribution is -2.37. The molecule has 0 aliphatic heterocycles. The lowest BCUT2D eigenvalue weighted by Gasteiger charge is -2.21. The topological polar surface area (TPSA) is 110 Å². The first kappa shape index (κ1) is 20.3. The molecule has 0 radical (unpaired) electrons. The Labute approximate surface area is 175 Å². The number of nitrogens with one attached hydrogen (secondary N) is 1. The number of halogens is 1. The molecular formula is C17H20ClN5O4S2. The maximum absolute atomic E-state index is 13.0. The molecule has 9 nitrogen and oxygen atoms in total. The van der Waals surface area contributed by atoms with Crippen LogP contribution >= 0.6 is 22.9 Å². The Morgan fingerprint density at radius 3 is 2.86 bits per heavy atom. The Morgan fingerprint density at radius 2 is 2.07 bits per heavy atom. The van der Waals surface area contributed by atoms with Gasteiger partial charge in [0.05, 0.1) is 0 Å². The van der Waals surface area contributed by atoms with E-state index in [0.29, 0.717) is 36.3 Å². The minimum absolute atomic E-state index is 0.0588. The first-order chi connectivity index (χ1) is 13.8. The van der Waals surface area contributed by atoms with E-state index in [1.54, 1.807) is 16.1 Å². The maximum atomic E-state index is 13.0. The Bertz CT molecular complexity index is 1290. The maximum Gasteiger partial charge on any atom is 0.328 e. The van der Waals surface area contributed by atoms with E-state index in [1.165, 1.54) is 27.1 Å². The lowest BCUT2D eigenvalue weighted by molar-refractivity contribution is 0.433. The van der Waals surface area contributed by atoms with Crippen LogP contribution in [0, 0.1) is 0 Å². The summed E-state index contributed by atoms with van der Waals surface area (Å²) in [4.78, 5) is 31.3. The third-order valence-electron chi connectivity index (χ3n) is 5.19. The minimum atomic E-state index is -3.85. The molecule has 0 spiro atoms. The van der Waals surface area contributed by atoms with E-state index in [1.807, 2.05) is 0 Å². The number of nitrogens with zero attached hydrogens (tertiary/aromatic N) is 4. The Balaban J connectivity index is 1.53. The highest BCUT2D eigenvalue weighted by Crippen LogP contribution is 2.27. The summed E-state index contributed by atoms with van der Waals surface area (Å²) in [7, 11) is -2.37. The van der Waals surface area contributed by atoms with Gasteiger partial charge in [-0.05, 0) is 32.1 Å². The molecule has 0 unspecified atom stereocenters. The van der Waals surface area contributed by atoms with Gasteiger partial charge >= 0.3 is 5.69 Å². The van der Waals surface area contributed by atoms with E-state index in [4.69, 9.17) is 11.6 Å². The number of hydrogen-bond acceptors (Lipinski definition) is 6. The summed E-state index contributed by atoms with van der Waals surface area (Å²) in [5.41, 5.74) is 0.688. The molecule has 1 N–H and O–H groups in total. The molecule has 4 rings (SSSR count). The van der Waals surface area contributed by atoms with Crippen LogP contribution in [0.1, 0.15) is 30.5 Å². The van der Waals surface area contributed by atoms with Crippen LogP contribution in [0.5, 0.6) is 0 Å². The number of thiazole rings is 1. The monoisotopic (exact) mass is 457 g/mol. The van der Waals surface area contributed by atoms with Gasteiger partial charge in [0, 0.05) is 43.0 Å². The second-order valence-electron chi connectivity index (χ2n) is 6.99. The van der Waals surface area contributed by atoms with Crippen molar-refractivity contribution in [3.05, 3.63) is 48.8 Å². The normalized spacial score (nSPS) is 14.6. The van der Waals surface area contributed by atoms with Gasteiger partial charge in [-0.1, -0.05) is 11.6 Å². The predicted molar refractivity (Wildman–Crippen MR) is 110 cm³/mol. The van der Waals surface area contributed by atoms with Gasteiger partial charge in [-0.15, -0.1) is 11.3 Å². The molecule has 29 heavy (non-hydrogen) atoms. The van der Waals surface area contributed by atoms with Crippen LogP contribution < -0.4 is 11.2 Å². The minimum Gasteiger partial charge on any atom is -0.297 e. The largest absolute Gasteiger partial charge is 0.328 e. The number of hydrogen-bond donors (Lipinski definition) is 1. The van der Waals surface area contributed by atoms with Gasteiger partial charge in [-0.25, -0.2) is 18.2 Å². The van der Waals surface area contributed by atoms with Crippen LogP contribution in [0.2, 0.25) is 5.15 Å². The van der Waals surface area contributed by atoms with E-state index in [-0.39, 0.29) is 22.3 Å². The fraction of sp³-hybridized carbons (Fsp3) is 0.471. The van der Waals surface area contributed by atoms with E-state index >= 15 is 0 Å². The molecule has 0 bridgehead atoms. The molecule has 0 saturated heterocycles. The van der Waals surface area contributed by atoms with Gasteiger partial charge in [0.2, 0.25) is 0 Å². The SMILES string of the molecule is CN(CCCn1c2c(c(=O)[nH]c1=O)CCCC2)S(=O)(=O)c1c(Cl)nc2sccn12. The molecule has 156 valence electrons. The molecule has 3 aromatic rings. The molecule has 3 heterocycles. The molecule has 0 aromatic carbocycles. The van der Waals surface area contributed by atoms with Crippen molar-refractivity contribution >= 4 is 37.9 Å². The van der Waals surface area contributed by atoms with Gasteiger partial charge in [0.15, 0.2) is 15.1 Å². The predicted octanol–water partition coefficient (Wildman–Crippen LogP) is 1.49. The number of imidazole rings is 1. The molecule has 3 aromatic heterocycles. The fourth-order valence-corrected chi connectivity index (χ4v) is 6.32. The van der Waals surface area contributed by atoms with E-state index in [2.05, 4.69) is 9.97 Å². The van der Waals surface area contributed by atoms with Gasteiger partial charge in [-0.2, -0.15) is 4.31 Å². The van der Waals surface area contributed by atoms with Gasteiger partial charge in [0.1, 0.15) is 0 Å². The summed E-state index contributed by atoms with van der Waals surface area (Å²) in [6.45, 7) is 0.516. The Kier molecular flexibility index (Phi) is 5.40. The first-order valence-corrected chi connectivity index (χ1v) is 11.9. The van der Waals surface area contributed by atoms with Crippen molar-refractivity contribution in [3.63, 3.8) is 0 Å². The number of rotatable bonds is 6. The zero-order valence-electron chi connectivity index (χ0n) is 15.7. The summed E-state index contributed by atoms with van der Waals surface area (Å²) in [5, 5.41) is 1.62. The smallest absolute Gasteiger partial charge is 0.297 e. The zero-order chi connectivity index (χ0) is 20.8. The second kappa shape index (κ2) is 7.71. The van der Waals surface area contributed by atoms with E-state index < -0.39 is 15.7 Å². The number of H-pyrrole nitrogens is 1. The van der Waals surface area contributed by atoms with Crippen LogP contribution in [-0.4, -0.2) is 45.3 Å². The van der Waals surface area contributed by atoms with Gasteiger partial charge in [0.25, 0.3) is 15.6 Å². The van der Waals surface area contributed by atoms with Crippen LogP contribution in [0.25, 0.3) is 4.96 Å². The van der Waals surface area contributed by atoms with E-state index in [9.17, 15) is 18.0 Å². The number of aromatic nitrogens is 4. The molecular weight excluding hydrogens is 438 g/mol. The van der Waals surface area contributed by atoms with Crippen molar-refractivity contribution in [1.29, 1.82) is 0 Å². The molecule has 12 heteroatoms. The third kappa shape index (κ3) is 3.56. The van der Waals surface area contributed by atoms with Crippen molar-refractivity contribution in [2.75, 3.05) is 13.6 Å². The molecule has 1 aliphatic rings. The summed E-state index contributed by atoms with van der Waals surface area (Å²) >= 11 is 7.37. The van der Waals surface area contributed by atoms with Crippen molar-refractivity contribution in [1.82, 2.24) is 23.2 Å². The molecule has 0 atom stereocenters. The van der Waals surface area contributed by atoms with Crippen LogP contribution in [0.15, 0.2) is 26.2 Å². The summed E-state index contributed by atoms with van der Waals surface area (Å²) in [6.07, 6.45) is 5.24. The summed E-state index contributed by atoms with van der Waals surface area (Å²) in [6, 6.07) is 0.